The van der Waals surface area contributed by atoms with Crippen molar-refractivity contribution in [3.63, 3.8) is 0 Å². The van der Waals surface area contributed by atoms with Crippen molar-refractivity contribution in [1.29, 1.82) is 0 Å². The number of fused-ring (bicyclic) bond motifs is 4. The Hall–Kier alpha value is -2.83. The highest BCUT2D eigenvalue weighted by atomic mass is 35.5. The summed E-state index contributed by atoms with van der Waals surface area (Å²) < 4.78 is 12.0. The predicted molar refractivity (Wildman–Crippen MR) is 151 cm³/mol. The fourth-order valence-electron chi connectivity index (χ4n) is 7.16. The molecule has 6 nitrogen and oxygen atoms in total. The SMILES string of the molecule is CC[C@@H](Oc1ccc2c3c(c(=O)oc2c1)CCCC3)C(=O)N1CC[C@@]2(O)CCCC[C@H]2[C@@H]1c1ccc(Cl)cc1. The van der Waals surface area contributed by atoms with Crippen LogP contribution in [0.1, 0.15) is 81.0 Å². The molecule has 0 spiro atoms. The molecule has 0 bridgehead atoms. The van der Waals surface area contributed by atoms with Gasteiger partial charge in [0.15, 0.2) is 6.10 Å². The van der Waals surface area contributed by atoms with E-state index in [1.54, 1.807) is 6.07 Å². The van der Waals surface area contributed by atoms with Gasteiger partial charge in [-0.25, -0.2) is 4.79 Å². The van der Waals surface area contributed by atoms with Gasteiger partial charge in [-0.05, 0) is 86.8 Å². The molecule has 1 amide bonds. The van der Waals surface area contributed by atoms with Crippen molar-refractivity contribution in [3.05, 3.63) is 74.6 Å². The van der Waals surface area contributed by atoms with Crippen molar-refractivity contribution < 1.29 is 19.1 Å². The lowest BCUT2D eigenvalue weighted by atomic mass is 9.66. The van der Waals surface area contributed by atoms with Gasteiger partial charge in [0, 0.05) is 34.5 Å². The molecule has 206 valence electrons. The molecule has 1 aromatic heterocycles. The van der Waals surface area contributed by atoms with Gasteiger partial charge in [-0.3, -0.25) is 4.79 Å². The highest BCUT2D eigenvalue weighted by Crippen LogP contribution is 2.49. The highest BCUT2D eigenvalue weighted by Gasteiger charge is 2.51. The van der Waals surface area contributed by atoms with Crippen LogP contribution in [0, 0.1) is 5.92 Å². The summed E-state index contributed by atoms with van der Waals surface area (Å²) in [4.78, 5) is 28.6. The molecule has 6 rings (SSSR count). The third kappa shape index (κ3) is 4.87. The van der Waals surface area contributed by atoms with E-state index in [9.17, 15) is 14.7 Å². The number of nitrogens with zero attached hydrogens (tertiary/aromatic N) is 1. The first kappa shape index (κ1) is 26.4. The monoisotopic (exact) mass is 549 g/mol. The second-order valence-electron chi connectivity index (χ2n) is 11.5. The number of piperidine rings is 1. The molecular formula is C32H36ClNO5. The van der Waals surface area contributed by atoms with E-state index in [4.69, 9.17) is 20.8 Å². The van der Waals surface area contributed by atoms with Gasteiger partial charge < -0.3 is 19.2 Å². The number of benzene rings is 2. The Morgan fingerprint density at radius 2 is 1.87 bits per heavy atom. The summed E-state index contributed by atoms with van der Waals surface area (Å²) in [6, 6.07) is 13.0. The quantitative estimate of drug-likeness (QED) is 0.374. The van der Waals surface area contributed by atoms with Gasteiger partial charge in [-0.1, -0.05) is 43.5 Å². The number of halogens is 1. The Kier molecular flexibility index (Phi) is 7.19. The van der Waals surface area contributed by atoms with Crippen LogP contribution >= 0.6 is 11.6 Å². The maximum absolute atomic E-state index is 14.1. The molecule has 1 aliphatic heterocycles. The first-order chi connectivity index (χ1) is 18.9. The van der Waals surface area contributed by atoms with Crippen LogP contribution < -0.4 is 10.4 Å². The molecule has 1 N–H and O–H groups in total. The Morgan fingerprint density at radius 1 is 1.10 bits per heavy atom. The molecule has 0 radical (unpaired) electrons. The fraction of sp³-hybridized carbons (Fsp3) is 0.500. The van der Waals surface area contributed by atoms with E-state index in [1.165, 1.54) is 0 Å². The average molecular weight is 550 g/mol. The minimum absolute atomic E-state index is 0.0382. The zero-order chi connectivity index (χ0) is 27.1. The lowest BCUT2D eigenvalue weighted by molar-refractivity contribution is -0.161. The van der Waals surface area contributed by atoms with Crippen LogP contribution in [0.4, 0.5) is 0 Å². The summed E-state index contributed by atoms with van der Waals surface area (Å²) in [5.74, 6) is 0.386. The molecule has 3 aromatic rings. The number of hydrogen-bond acceptors (Lipinski definition) is 5. The van der Waals surface area contributed by atoms with Crippen LogP contribution in [0.15, 0.2) is 51.7 Å². The van der Waals surface area contributed by atoms with E-state index in [2.05, 4.69) is 0 Å². The summed E-state index contributed by atoms with van der Waals surface area (Å²) in [7, 11) is 0. The van der Waals surface area contributed by atoms with Gasteiger partial charge in [0.1, 0.15) is 11.3 Å². The van der Waals surface area contributed by atoms with Crippen LogP contribution in [0.3, 0.4) is 0 Å². The van der Waals surface area contributed by atoms with E-state index in [0.717, 1.165) is 73.4 Å². The Balaban J connectivity index is 1.30. The molecule has 0 unspecified atom stereocenters. The van der Waals surface area contributed by atoms with Crippen molar-refractivity contribution >= 4 is 28.5 Å². The van der Waals surface area contributed by atoms with Gasteiger partial charge in [0.25, 0.3) is 5.91 Å². The molecule has 7 heteroatoms. The molecular weight excluding hydrogens is 514 g/mol. The van der Waals surface area contributed by atoms with Crippen LogP contribution in [-0.2, 0) is 17.6 Å². The molecule has 3 aliphatic rings. The van der Waals surface area contributed by atoms with Crippen molar-refractivity contribution in [1.82, 2.24) is 4.90 Å². The van der Waals surface area contributed by atoms with Crippen LogP contribution in [0.25, 0.3) is 11.0 Å². The molecule has 1 saturated heterocycles. The van der Waals surface area contributed by atoms with Gasteiger partial charge >= 0.3 is 5.63 Å². The zero-order valence-electron chi connectivity index (χ0n) is 22.5. The first-order valence-corrected chi connectivity index (χ1v) is 14.8. The number of likely N-dealkylation sites (tertiary alicyclic amines) is 1. The van der Waals surface area contributed by atoms with Gasteiger partial charge in [-0.2, -0.15) is 0 Å². The number of hydrogen-bond donors (Lipinski definition) is 1. The summed E-state index contributed by atoms with van der Waals surface area (Å²) in [6.07, 6.45) is 7.77. The summed E-state index contributed by atoms with van der Waals surface area (Å²) in [6.45, 7) is 2.41. The van der Waals surface area contributed by atoms with Crippen LogP contribution in [-0.4, -0.2) is 34.2 Å². The summed E-state index contributed by atoms with van der Waals surface area (Å²) in [5, 5.41) is 13.2. The first-order valence-electron chi connectivity index (χ1n) is 14.4. The number of carbonyl (C=O) groups excluding carboxylic acids is 1. The summed E-state index contributed by atoms with van der Waals surface area (Å²) in [5.41, 5.74) is 2.34. The highest BCUT2D eigenvalue weighted by molar-refractivity contribution is 6.30. The third-order valence-electron chi connectivity index (χ3n) is 9.18. The Morgan fingerprint density at radius 3 is 2.64 bits per heavy atom. The maximum atomic E-state index is 14.1. The zero-order valence-corrected chi connectivity index (χ0v) is 23.2. The average Bonchev–Trinajstić information content (AvgIpc) is 2.95. The number of aryl methyl sites for hydroxylation is 1. The van der Waals surface area contributed by atoms with Crippen LogP contribution in [0.5, 0.6) is 5.75 Å². The van der Waals surface area contributed by atoms with Gasteiger partial charge in [0.2, 0.25) is 0 Å². The second-order valence-corrected chi connectivity index (χ2v) is 11.9. The van der Waals surface area contributed by atoms with Crippen molar-refractivity contribution in [2.75, 3.05) is 6.54 Å². The molecule has 2 aromatic carbocycles. The number of aliphatic hydroxyl groups is 1. The third-order valence-corrected chi connectivity index (χ3v) is 9.43. The van der Waals surface area contributed by atoms with E-state index in [0.29, 0.717) is 35.7 Å². The topological polar surface area (TPSA) is 80.0 Å². The maximum Gasteiger partial charge on any atom is 0.339 e. The number of rotatable bonds is 5. The van der Waals surface area contributed by atoms with Crippen molar-refractivity contribution in [2.24, 2.45) is 5.92 Å². The lowest BCUT2D eigenvalue weighted by Crippen LogP contribution is -2.58. The predicted octanol–water partition coefficient (Wildman–Crippen LogP) is 6.38. The van der Waals surface area contributed by atoms with Crippen molar-refractivity contribution in [3.8, 4) is 5.75 Å². The number of carbonyl (C=O) groups is 1. The van der Waals surface area contributed by atoms with Gasteiger partial charge in [-0.15, -0.1) is 0 Å². The van der Waals surface area contributed by atoms with Gasteiger partial charge in [0.05, 0.1) is 11.6 Å². The minimum atomic E-state index is -0.767. The Labute approximate surface area is 233 Å². The number of amides is 1. The second kappa shape index (κ2) is 10.6. The van der Waals surface area contributed by atoms with E-state index in [1.807, 2.05) is 48.2 Å². The molecule has 4 atom stereocenters. The molecule has 39 heavy (non-hydrogen) atoms. The van der Waals surface area contributed by atoms with E-state index >= 15 is 0 Å². The molecule has 1 saturated carbocycles. The number of ether oxygens (including phenoxy) is 1. The smallest absolute Gasteiger partial charge is 0.339 e. The van der Waals surface area contributed by atoms with E-state index in [-0.39, 0.29) is 23.5 Å². The van der Waals surface area contributed by atoms with E-state index < -0.39 is 11.7 Å². The lowest BCUT2D eigenvalue weighted by Gasteiger charge is -2.53. The standard InChI is InChI=1S/C32H36ClNO5/c1-2-27(38-22-14-15-24-23-7-3-4-8-25(23)31(36)39-28(24)19-22)30(35)34-18-17-32(37)16-6-5-9-26(32)29(34)20-10-12-21(33)13-11-20/h10-15,19,26-27,29,37H,2-9,16-18H2,1H3/t26-,27+,29-,32-/m0/s1. The fourth-order valence-corrected chi connectivity index (χ4v) is 7.28. The largest absolute Gasteiger partial charge is 0.480 e. The molecule has 2 fully saturated rings. The molecule has 2 heterocycles. The van der Waals surface area contributed by atoms with Crippen LogP contribution in [0.2, 0.25) is 5.02 Å². The molecule has 2 aliphatic carbocycles. The Bertz CT molecular complexity index is 1430. The van der Waals surface area contributed by atoms with Crippen molar-refractivity contribution in [2.45, 2.75) is 88.9 Å². The summed E-state index contributed by atoms with van der Waals surface area (Å²) >= 11 is 6.19. The normalized spacial score (nSPS) is 25.6. The minimum Gasteiger partial charge on any atom is -0.480 e.